The number of carbonyl (C=O) groups is 2. The molecule has 0 aliphatic carbocycles. The molecular formula is C13H17BrN2O4. The third kappa shape index (κ3) is 5.08. The van der Waals surface area contributed by atoms with Gasteiger partial charge < -0.3 is 20.1 Å². The van der Waals surface area contributed by atoms with Crippen molar-refractivity contribution in [2.24, 2.45) is 0 Å². The monoisotopic (exact) mass is 344 g/mol. The predicted octanol–water partition coefficient (Wildman–Crippen LogP) is 2.07. The van der Waals surface area contributed by atoms with Crippen LogP contribution in [0.4, 0.5) is 4.79 Å². The zero-order valence-corrected chi connectivity index (χ0v) is 12.9. The maximum absolute atomic E-state index is 11.7. The summed E-state index contributed by atoms with van der Waals surface area (Å²) in [7, 11) is 3.14. The van der Waals surface area contributed by atoms with E-state index in [-0.39, 0.29) is 19.0 Å². The number of amides is 2. The van der Waals surface area contributed by atoms with Crippen molar-refractivity contribution in [2.45, 2.75) is 13.0 Å². The van der Waals surface area contributed by atoms with Crippen molar-refractivity contribution in [1.29, 1.82) is 0 Å². The molecule has 0 bridgehead atoms. The van der Waals surface area contributed by atoms with Crippen LogP contribution >= 0.6 is 15.9 Å². The summed E-state index contributed by atoms with van der Waals surface area (Å²) in [5, 5.41) is 11.3. The molecule has 2 N–H and O–H groups in total. The van der Waals surface area contributed by atoms with E-state index < -0.39 is 5.97 Å². The van der Waals surface area contributed by atoms with E-state index in [2.05, 4.69) is 21.2 Å². The van der Waals surface area contributed by atoms with Crippen LogP contribution < -0.4 is 10.1 Å². The fraction of sp³-hybridized carbons (Fsp3) is 0.385. The number of aliphatic carboxylic acids is 1. The molecule has 20 heavy (non-hydrogen) atoms. The summed E-state index contributed by atoms with van der Waals surface area (Å²) in [5.41, 5.74) is 0.914. The van der Waals surface area contributed by atoms with Crippen molar-refractivity contribution >= 4 is 27.9 Å². The molecule has 0 aliphatic heterocycles. The number of carbonyl (C=O) groups excluding carboxylic acids is 1. The number of urea groups is 1. The lowest BCUT2D eigenvalue weighted by Gasteiger charge is -2.17. The Morgan fingerprint density at radius 1 is 1.45 bits per heavy atom. The van der Waals surface area contributed by atoms with E-state index >= 15 is 0 Å². The molecule has 0 fully saturated rings. The molecule has 0 radical (unpaired) electrons. The zero-order chi connectivity index (χ0) is 15.1. The topological polar surface area (TPSA) is 78.9 Å². The Morgan fingerprint density at radius 2 is 2.15 bits per heavy atom. The molecule has 0 atom stereocenters. The SMILES string of the molecule is COc1ccc(CNC(=O)N(C)CCC(=O)O)cc1Br. The van der Waals surface area contributed by atoms with E-state index in [4.69, 9.17) is 9.84 Å². The summed E-state index contributed by atoms with van der Waals surface area (Å²) in [6.07, 6.45) is -0.0714. The second-order valence-electron chi connectivity index (χ2n) is 4.19. The first-order valence-corrected chi connectivity index (χ1v) is 6.76. The van der Waals surface area contributed by atoms with Crippen LogP contribution in [0.5, 0.6) is 5.75 Å². The molecule has 0 saturated heterocycles. The van der Waals surface area contributed by atoms with Crippen LogP contribution in [0.15, 0.2) is 22.7 Å². The Bertz CT molecular complexity index is 493. The smallest absolute Gasteiger partial charge is 0.317 e. The van der Waals surface area contributed by atoms with Crippen molar-refractivity contribution in [3.8, 4) is 5.75 Å². The average Bonchev–Trinajstić information content (AvgIpc) is 2.42. The van der Waals surface area contributed by atoms with E-state index in [0.717, 1.165) is 15.8 Å². The first-order valence-electron chi connectivity index (χ1n) is 5.97. The van der Waals surface area contributed by atoms with E-state index in [0.29, 0.717) is 6.54 Å². The molecule has 6 nitrogen and oxygen atoms in total. The second kappa shape index (κ2) is 7.74. The predicted molar refractivity (Wildman–Crippen MR) is 77.8 cm³/mol. The Labute approximate surface area is 125 Å². The number of nitrogens with one attached hydrogen (secondary N) is 1. The molecule has 0 unspecified atom stereocenters. The van der Waals surface area contributed by atoms with Crippen molar-refractivity contribution in [1.82, 2.24) is 10.2 Å². The van der Waals surface area contributed by atoms with Gasteiger partial charge in [-0.3, -0.25) is 4.79 Å². The minimum Gasteiger partial charge on any atom is -0.496 e. The fourth-order valence-electron chi connectivity index (χ4n) is 1.50. The van der Waals surface area contributed by atoms with Crippen LogP contribution in [0.25, 0.3) is 0 Å². The standard InChI is InChI=1S/C13H17BrN2O4/c1-16(6-5-12(17)18)13(19)15-8-9-3-4-11(20-2)10(14)7-9/h3-4,7H,5-6,8H2,1-2H3,(H,15,19)(H,17,18). The van der Waals surface area contributed by atoms with Gasteiger partial charge in [0, 0.05) is 20.1 Å². The molecule has 0 saturated carbocycles. The lowest BCUT2D eigenvalue weighted by Crippen LogP contribution is -2.37. The number of halogens is 1. The van der Waals surface area contributed by atoms with Gasteiger partial charge >= 0.3 is 12.0 Å². The van der Waals surface area contributed by atoms with Gasteiger partial charge in [0.25, 0.3) is 0 Å². The summed E-state index contributed by atoms with van der Waals surface area (Å²) < 4.78 is 5.93. The molecule has 1 aromatic carbocycles. The third-order valence-electron chi connectivity index (χ3n) is 2.67. The number of ether oxygens (including phenoxy) is 1. The molecule has 0 aromatic heterocycles. The van der Waals surface area contributed by atoms with Gasteiger partial charge in [-0.2, -0.15) is 0 Å². The van der Waals surface area contributed by atoms with Gasteiger partial charge in [-0.25, -0.2) is 4.79 Å². The third-order valence-corrected chi connectivity index (χ3v) is 3.29. The van der Waals surface area contributed by atoms with Gasteiger partial charge in [-0.1, -0.05) is 6.07 Å². The van der Waals surface area contributed by atoms with Crippen molar-refractivity contribution < 1.29 is 19.4 Å². The van der Waals surface area contributed by atoms with E-state index in [1.54, 1.807) is 20.2 Å². The minimum absolute atomic E-state index is 0.0714. The molecule has 1 rings (SSSR count). The Kier molecular flexibility index (Phi) is 6.30. The molecule has 0 spiro atoms. The number of rotatable bonds is 6. The van der Waals surface area contributed by atoms with Crippen molar-refractivity contribution in [2.75, 3.05) is 20.7 Å². The van der Waals surface area contributed by atoms with Gasteiger partial charge in [-0.05, 0) is 33.6 Å². The summed E-state index contributed by atoms with van der Waals surface area (Å²) >= 11 is 3.37. The zero-order valence-electron chi connectivity index (χ0n) is 11.4. The van der Waals surface area contributed by atoms with Crippen LogP contribution in [0.2, 0.25) is 0 Å². The highest BCUT2D eigenvalue weighted by atomic mass is 79.9. The van der Waals surface area contributed by atoms with E-state index in [9.17, 15) is 9.59 Å². The number of methoxy groups -OCH3 is 1. The lowest BCUT2D eigenvalue weighted by molar-refractivity contribution is -0.137. The maximum atomic E-state index is 11.7. The first-order chi connectivity index (χ1) is 9.43. The number of carboxylic acid groups (broad SMARTS) is 1. The number of hydrogen-bond acceptors (Lipinski definition) is 3. The molecular weight excluding hydrogens is 328 g/mol. The fourth-order valence-corrected chi connectivity index (χ4v) is 2.09. The quantitative estimate of drug-likeness (QED) is 0.827. The summed E-state index contributed by atoms with van der Waals surface area (Å²) in [4.78, 5) is 23.5. The van der Waals surface area contributed by atoms with Gasteiger partial charge in [-0.15, -0.1) is 0 Å². The highest BCUT2D eigenvalue weighted by Gasteiger charge is 2.10. The number of hydrogen-bond donors (Lipinski definition) is 2. The Hall–Kier alpha value is -1.76. The van der Waals surface area contributed by atoms with Crippen molar-refractivity contribution in [3.05, 3.63) is 28.2 Å². The van der Waals surface area contributed by atoms with Crippen LogP contribution in [-0.2, 0) is 11.3 Å². The van der Waals surface area contributed by atoms with Gasteiger partial charge in [0.2, 0.25) is 0 Å². The van der Waals surface area contributed by atoms with Gasteiger partial charge in [0.15, 0.2) is 0 Å². The van der Waals surface area contributed by atoms with E-state index in [1.165, 1.54) is 4.90 Å². The molecule has 1 aromatic rings. The molecule has 2 amide bonds. The van der Waals surface area contributed by atoms with Gasteiger partial charge in [0.05, 0.1) is 18.0 Å². The Morgan fingerprint density at radius 3 is 2.70 bits per heavy atom. The summed E-state index contributed by atoms with van der Waals surface area (Å²) in [6.45, 7) is 0.534. The maximum Gasteiger partial charge on any atom is 0.317 e. The molecule has 0 aliphatic rings. The highest BCUT2D eigenvalue weighted by molar-refractivity contribution is 9.10. The summed E-state index contributed by atoms with van der Waals surface area (Å²) in [5.74, 6) is -0.206. The second-order valence-corrected chi connectivity index (χ2v) is 5.05. The van der Waals surface area contributed by atoms with Crippen LogP contribution in [0, 0.1) is 0 Å². The van der Waals surface area contributed by atoms with Gasteiger partial charge in [0.1, 0.15) is 5.75 Å². The molecule has 7 heteroatoms. The summed E-state index contributed by atoms with van der Waals surface area (Å²) in [6, 6.07) is 5.20. The van der Waals surface area contributed by atoms with Crippen LogP contribution in [0.3, 0.4) is 0 Å². The van der Waals surface area contributed by atoms with Crippen LogP contribution in [0.1, 0.15) is 12.0 Å². The molecule has 110 valence electrons. The highest BCUT2D eigenvalue weighted by Crippen LogP contribution is 2.25. The minimum atomic E-state index is -0.927. The van der Waals surface area contributed by atoms with Crippen molar-refractivity contribution in [3.63, 3.8) is 0 Å². The van der Waals surface area contributed by atoms with E-state index in [1.807, 2.05) is 12.1 Å². The molecule has 0 heterocycles. The largest absolute Gasteiger partial charge is 0.496 e. The number of carboxylic acids is 1. The normalized spacial score (nSPS) is 9.95. The Balaban J connectivity index is 2.48. The number of benzene rings is 1. The first kappa shape index (κ1) is 16.3. The number of nitrogens with zero attached hydrogens (tertiary/aromatic N) is 1. The van der Waals surface area contributed by atoms with Crippen LogP contribution in [-0.4, -0.2) is 42.7 Å². The lowest BCUT2D eigenvalue weighted by atomic mass is 10.2. The average molecular weight is 345 g/mol.